The van der Waals surface area contributed by atoms with E-state index in [0.29, 0.717) is 5.56 Å². The molecule has 106 valence electrons. The Morgan fingerprint density at radius 2 is 1.62 bits per heavy atom. The molecule has 0 unspecified atom stereocenters. The van der Waals surface area contributed by atoms with Crippen molar-refractivity contribution in [1.82, 2.24) is 5.32 Å². The summed E-state index contributed by atoms with van der Waals surface area (Å²) in [5.41, 5.74) is 0.738. The largest absolute Gasteiger partial charge is 0.508 e. The third-order valence-corrected chi connectivity index (χ3v) is 2.71. The summed E-state index contributed by atoms with van der Waals surface area (Å²) in [6.07, 6.45) is 2.71. The number of imide groups is 1. The maximum atomic E-state index is 11.8. The zero-order valence-electron chi connectivity index (χ0n) is 11.0. The highest BCUT2D eigenvalue weighted by Crippen LogP contribution is 2.15. The summed E-state index contributed by atoms with van der Waals surface area (Å²) in [5.74, 6) is -1.33. The Morgan fingerprint density at radius 1 is 0.952 bits per heavy atom. The van der Waals surface area contributed by atoms with Crippen molar-refractivity contribution in [2.24, 2.45) is 0 Å². The van der Waals surface area contributed by atoms with Crippen molar-refractivity contribution in [2.45, 2.75) is 0 Å². The zero-order valence-corrected chi connectivity index (χ0v) is 11.0. The summed E-state index contributed by atoms with van der Waals surface area (Å²) in [6.45, 7) is 0. The van der Waals surface area contributed by atoms with Crippen LogP contribution in [0.5, 0.6) is 11.5 Å². The molecule has 0 saturated heterocycles. The van der Waals surface area contributed by atoms with E-state index in [1.807, 2.05) is 0 Å². The van der Waals surface area contributed by atoms with Crippen molar-refractivity contribution >= 4 is 17.9 Å². The maximum absolute atomic E-state index is 11.8. The number of rotatable bonds is 3. The van der Waals surface area contributed by atoms with Crippen LogP contribution in [0.4, 0.5) is 0 Å². The number of phenols is 2. The molecule has 0 bridgehead atoms. The molecule has 0 aliphatic heterocycles. The third-order valence-electron chi connectivity index (χ3n) is 2.71. The van der Waals surface area contributed by atoms with Gasteiger partial charge in [0.1, 0.15) is 11.5 Å². The molecule has 5 heteroatoms. The van der Waals surface area contributed by atoms with Crippen molar-refractivity contribution in [3.05, 3.63) is 65.7 Å². The van der Waals surface area contributed by atoms with Gasteiger partial charge in [-0.3, -0.25) is 14.9 Å². The SMILES string of the molecule is O=C(/C=C/c1ccc(O)cc1)NC(=O)c1ccccc1O. The molecule has 0 spiro atoms. The van der Waals surface area contributed by atoms with Gasteiger partial charge in [0.2, 0.25) is 0 Å². The fourth-order valence-electron chi connectivity index (χ4n) is 1.64. The molecular weight excluding hydrogens is 270 g/mol. The van der Waals surface area contributed by atoms with Crippen molar-refractivity contribution < 1.29 is 19.8 Å². The van der Waals surface area contributed by atoms with E-state index in [9.17, 15) is 14.7 Å². The average molecular weight is 283 g/mol. The standard InChI is InChI=1S/C16H13NO4/c18-12-8-5-11(6-9-12)7-10-15(20)17-16(21)13-3-1-2-4-14(13)19/h1-10,18-19H,(H,17,20,21)/b10-7+. The van der Waals surface area contributed by atoms with Crippen LogP contribution in [0.1, 0.15) is 15.9 Å². The first-order valence-electron chi connectivity index (χ1n) is 6.16. The molecule has 0 aliphatic carbocycles. The summed E-state index contributed by atoms with van der Waals surface area (Å²) in [7, 11) is 0. The van der Waals surface area contributed by atoms with Gasteiger partial charge < -0.3 is 10.2 Å². The van der Waals surface area contributed by atoms with E-state index in [1.54, 1.807) is 24.3 Å². The lowest BCUT2D eigenvalue weighted by molar-refractivity contribution is -0.115. The van der Waals surface area contributed by atoms with Crippen LogP contribution in [0.25, 0.3) is 6.08 Å². The number of nitrogens with one attached hydrogen (secondary N) is 1. The molecule has 0 fully saturated rings. The highest BCUT2D eigenvalue weighted by atomic mass is 16.3. The number of hydrogen-bond donors (Lipinski definition) is 3. The lowest BCUT2D eigenvalue weighted by atomic mass is 10.2. The van der Waals surface area contributed by atoms with Crippen LogP contribution in [0, 0.1) is 0 Å². The zero-order chi connectivity index (χ0) is 15.2. The quantitative estimate of drug-likeness (QED) is 0.753. The van der Waals surface area contributed by atoms with Gasteiger partial charge in [-0.15, -0.1) is 0 Å². The number of aromatic hydroxyl groups is 2. The molecule has 5 nitrogen and oxygen atoms in total. The molecule has 2 amide bonds. The number of hydrogen-bond acceptors (Lipinski definition) is 4. The van der Waals surface area contributed by atoms with E-state index >= 15 is 0 Å². The average Bonchev–Trinajstić information content (AvgIpc) is 2.47. The number of carbonyl (C=O) groups is 2. The van der Waals surface area contributed by atoms with E-state index in [2.05, 4.69) is 5.32 Å². The van der Waals surface area contributed by atoms with Gasteiger partial charge in [0, 0.05) is 6.08 Å². The Morgan fingerprint density at radius 3 is 2.29 bits per heavy atom. The molecule has 0 atom stereocenters. The van der Waals surface area contributed by atoms with Gasteiger partial charge >= 0.3 is 0 Å². The van der Waals surface area contributed by atoms with Gasteiger partial charge in [-0.05, 0) is 35.9 Å². The minimum atomic E-state index is -0.673. The lowest BCUT2D eigenvalue weighted by Gasteiger charge is -2.03. The first kappa shape index (κ1) is 14.3. The highest BCUT2D eigenvalue weighted by molar-refractivity contribution is 6.10. The predicted molar refractivity (Wildman–Crippen MR) is 77.7 cm³/mol. The Bertz CT molecular complexity index is 690. The third kappa shape index (κ3) is 3.94. The molecule has 0 saturated carbocycles. The van der Waals surface area contributed by atoms with Crippen LogP contribution in [0.15, 0.2) is 54.6 Å². The van der Waals surface area contributed by atoms with Crippen molar-refractivity contribution in [1.29, 1.82) is 0 Å². The fraction of sp³-hybridized carbons (Fsp3) is 0. The molecule has 0 aliphatic rings. The molecule has 0 radical (unpaired) electrons. The van der Waals surface area contributed by atoms with Crippen LogP contribution in [0.2, 0.25) is 0 Å². The van der Waals surface area contributed by atoms with Gasteiger partial charge in [-0.1, -0.05) is 24.3 Å². The predicted octanol–water partition coefficient (Wildman–Crippen LogP) is 2.07. The Hall–Kier alpha value is -3.08. The van der Waals surface area contributed by atoms with Gasteiger partial charge in [0.15, 0.2) is 0 Å². The number of carbonyl (C=O) groups excluding carboxylic acids is 2. The summed E-state index contributed by atoms with van der Waals surface area (Å²) >= 11 is 0. The van der Waals surface area contributed by atoms with E-state index < -0.39 is 11.8 Å². The second-order valence-electron chi connectivity index (χ2n) is 4.26. The maximum Gasteiger partial charge on any atom is 0.261 e. The summed E-state index contributed by atoms with van der Waals surface area (Å²) in [6, 6.07) is 12.2. The molecule has 0 aromatic heterocycles. The molecule has 2 aromatic carbocycles. The minimum Gasteiger partial charge on any atom is -0.508 e. The minimum absolute atomic E-state index is 0.0314. The molecular formula is C16H13NO4. The normalized spacial score (nSPS) is 10.5. The van der Waals surface area contributed by atoms with Crippen LogP contribution in [0.3, 0.4) is 0 Å². The first-order valence-corrected chi connectivity index (χ1v) is 6.16. The lowest BCUT2D eigenvalue weighted by Crippen LogP contribution is -2.28. The van der Waals surface area contributed by atoms with Crippen LogP contribution in [-0.4, -0.2) is 22.0 Å². The first-order chi connectivity index (χ1) is 10.1. The van der Waals surface area contributed by atoms with E-state index in [0.717, 1.165) is 0 Å². The van der Waals surface area contributed by atoms with Gasteiger partial charge in [-0.25, -0.2) is 0 Å². The monoisotopic (exact) mass is 283 g/mol. The van der Waals surface area contributed by atoms with Crippen LogP contribution < -0.4 is 5.32 Å². The molecule has 2 aromatic rings. The van der Waals surface area contributed by atoms with E-state index in [4.69, 9.17) is 5.11 Å². The number of amides is 2. The Labute approximate surface area is 121 Å². The fourth-order valence-corrected chi connectivity index (χ4v) is 1.64. The van der Waals surface area contributed by atoms with Crippen LogP contribution >= 0.6 is 0 Å². The van der Waals surface area contributed by atoms with Gasteiger partial charge in [0.05, 0.1) is 5.56 Å². The summed E-state index contributed by atoms with van der Waals surface area (Å²) in [4.78, 5) is 23.4. The van der Waals surface area contributed by atoms with Crippen molar-refractivity contribution in [2.75, 3.05) is 0 Å². The van der Waals surface area contributed by atoms with Gasteiger partial charge in [-0.2, -0.15) is 0 Å². The Balaban J connectivity index is 2.00. The number of para-hydroxylation sites is 1. The van der Waals surface area contributed by atoms with Crippen LogP contribution in [-0.2, 0) is 4.79 Å². The van der Waals surface area contributed by atoms with Crippen molar-refractivity contribution in [3.8, 4) is 11.5 Å². The highest BCUT2D eigenvalue weighted by Gasteiger charge is 2.11. The second-order valence-corrected chi connectivity index (χ2v) is 4.26. The Kier molecular flexibility index (Phi) is 4.36. The molecule has 21 heavy (non-hydrogen) atoms. The molecule has 2 rings (SSSR count). The summed E-state index contributed by atoms with van der Waals surface area (Å²) in [5, 5.41) is 20.8. The number of benzene rings is 2. The number of phenolic OH excluding ortho intramolecular Hbond substituents is 2. The van der Waals surface area contributed by atoms with Gasteiger partial charge in [0.25, 0.3) is 11.8 Å². The summed E-state index contributed by atoms with van der Waals surface area (Å²) < 4.78 is 0. The van der Waals surface area contributed by atoms with E-state index in [-0.39, 0.29) is 17.1 Å². The smallest absolute Gasteiger partial charge is 0.261 e. The second kappa shape index (κ2) is 6.38. The topological polar surface area (TPSA) is 86.6 Å². The molecule has 0 heterocycles. The van der Waals surface area contributed by atoms with Crippen molar-refractivity contribution in [3.63, 3.8) is 0 Å². The van der Waals surface area contributed by atoms with E-state index in [1.165, 1.54) is 36.4 Å². The molecule has 3 N–H and O–H groups in total.